The van der Waals surface area contributed by atoms with Gasteiger partial charge in [0.15, 0.2) is 5.78 Å². The maximum atomic E-state index is 12.7. The molecule has 128 valence electrons. The van der Waals surface area contributed by atoms with Crippen LogP contribution in [0, 0.1) is 0 Å². The molecule has 1 atom stereocenters. The van der Waals surface area contributed by atoms with Crippen molar-refractivity contribution < 1.29 is 34.5 Å². The van der Waals surface area contributed by atoms with Gasteiger partial charge < -0.3 is 25.1 Å². The van der Waals surface area contributed by atoms with E-state index in [1.807, 2.05) is 0 Å². The van der Waals surface area contributed by atoms with E-state index < -0.39 is 30.0 Å². The lowest BCUT2D eigenvalue weighted by molar-refractivity contribution is 0.0960. The predicted octanol–water partition coefficient (Wildman–Crippen LogP) is 2.97. The summed E-state index contributed by atoms with van der Waals surface area (Å²) >= 11 is 0.0849. The average molecular weight is 370 g/mol. The minimum atomic E-state index is -4.59. The Labute approximate surface area is 141 Å². The smallest absolute Gasteiger partial charge is 0.388 e. The number of ketones is 1. The molecular weight excluding hydrogens is 355 g/mol. The van der Waals surface area contributed by atoms with Crippen molar-refractivity contribution in [3.8, 4) is 17.2 Å². The van der Waals surface area contributed by atoms with Crippen molar-refractivity contribution in [1.29, 1.82) is 0 Å². The van der Waals surface area contributed by atoms with Gasteiger partial charge >= 0.3 is 6.80 Å². The standard InChI is InChI=1S/C15H15O7PS/c1-8(9-2-4-10(16)5-3-9)15(19)14-12(18)6-11(17)7-13(14)24-23(20,21)22/h2-8,16-18H,1H3,(H2,20,21,22). The second kappa shape index (κ2) is 6.86. The molecule has 9 heteroatoms. The number of hydrogen-bond donors (Lipinski definition) is 5. The number of aromatic hydroxyl groups is 3. The molecule has 0 radical (unpaired) electrons. The number of carbonyl (C=O) groups excluding carboxylic acids is 1. The normalized spacial score (nSPS) is 12.8. The van der Waals surface area contributed by atoms with Crippen LogP contribution in [0.3, 0.4) is 0 Å². The zero-order chi connectivity index (χ0) is 18.1. The quantitative estimate of drug-likeness (QED) is 0.400. The largest absolute Gasteiger partial charge is 0.508 e. The lowest BCUT2D eigenvalue weighted by Crippen LogP contribution is -2.11. The fourth-order valence-corrected chi connectivity index (χ4v) is 4.09. The van der Waals surface area contributed by atoms with Gasteiger partial charge in [-0.15, -0.1) is 0 Å². The average Bonchev–Trinajstić information content (AvgIpc) is 2.44. The van der Waals surface area contributed by atoms with Crippen LogP contribution in [0.2, 0.25) is 0 Å². The molecule has 0 aliphatic rings. The van der Waals surface area contributed by atoms with Gasteiger partial charge in [-0.05, 0) is 35.1 Å². The van der Waals surface area contributed by atoms with Crippen LogP contribution in [0.5, 0.6) is 17.2 Å². The topological polar surface area (TPSA) is 135 Å². The zero-order valence-corrected chi connectivity index (χ0v) is 14.2. The summed E-state index contributed by atoms with van der Waals surface area (Å²) in [6.45, 7) is -3.03. The van der Waals surface area contributed by atoms with Gasteiger partial charge in [0.2, 0.25) is 0 Å². The van der Waals surface area contributed by atoms with Crippen LogP contribution >= 0.6 is 18.2 Å². The lowest BCUT2D eigenvalue weighted by atomic mass is 9.91. The highest BCUT2D eigenvalue weighted by Gasteiger charge is 2.28. The van der Waals surface area contributed by atoms with Gasteiger partial charge in [0.25, 0.3) is 0 Å². The van der Waals surface area contributed by atoms with Crippen LogP contribution in [0.15, 0.2) is 41.3 Å². The minimum Gasteiger partial charge on any atom is -0.508 e. The Morgan fingerprint density at radius 1 is 1.04 bits per heavy atom. The van der Waals surface area contributed by atoms with Crippen LogP contribution in [-0.2, 0) is 4.57 Å². The maximum Gasteiger partial charge on any atom is 0.388 e. The van der Waals surface area contributed by atoms with Crippen LogP contribution in [0.1, 0.15) is 28.8 Å². The fourth-order valence-electron chi connectivity index (χ4n) is 2.17. The number of benzene rings is 2. The Hall–Kier alpha value is -1.99. The molecule has 2 aromatic carbocycles. The van der Waals surface area contributed by atoms with Gasteiger partial charge in [0.1, 0.15) is 17.2 Å². The van der Waals surface area contributed by atoms with E-state index >= 15 is 0 Å². The summed E-state index contributed by atoms with van der Waals surface area (Å²) < 4.78 is 11.2. The van der Waals surface area contributed by atoms with Crippen molar-refractivity contribution in [2.75, 3.05) is 0 Å². The highest BCUT2D eigenvalue weighted by molar-refractivity contribution is 8.54. The number of rotatable bonds is 5. The highest BCUT2D eigenvalue weighted by atomic mass is 32.7. The third kappa shape index (κ3) is 4.30. The molecule has 0 aromatic heterocycles. The van der Waals surface area contributed by atoms with Crippen molar-refractivity contribution in [2.24, 2.45) is 0 Å². The van der Waals surface area contributed by atoms with Crippen molar-refractivity contribution in [3.05, 3.63) is 47.5 Å². The molecule has 0 saturated heterocycles. The summed E-state index contributed by atoms with van der Waals surface area (Å²) in [6, 6.07) is 7.82. The van der Waals surface area contributed by atoms with E-state index in [4.69, 9.17) is 9.79 Å². The first-order chi connectivity index (χ1) is 11.1. The Bertz CT molecular complexity index is 813. The SMILES string of the molecule is CC(C(=O)c1c(O)cc(O)cc1SP(=O)(O)O)c1ccc(O)cc1. The fraction of sp³-hybridized carbons (Fsp3) is 0.133. The van der Waals surface area contributed by atoms with Crippen molar-refractivity contribution in [3.63, 3.8) is 0 Å². The molecular formula is C15H15O7PS. The van der Waals surface area contributed by atoms with Crippen LogP contribution in [0.25, 0.3) is 0 Å². The van der Waals surface area contributed by atoms with Crippen LogP contribution < -0.4 is 0 Å². The molecule has 0 heterocycles. The van der Waals surface area contributed by atoms with Gasteiger partial charge in [-0.3, -0.25) is 4.79 Å². The number of carbonyl (C=O) groups is 1. The Kier molecular flexibility index (Phi) is 5.25. The van der Waals surface area contributed by atoms with Gasteiger partial charge in [0.05, 0.1) is 5.56 Å². The summed E-state index contributed by atoms with van der Waals surface area (Å²) in [5.74, 6) is -2.27. The molecule has 5 N–H and O–H groups in total. The van der Waals surface area contributed by atoms with E-state index in [0.29, 0.717) is 5.56 Å². The Balaban J connectivity index is 2.48. The number of phenols is 3. The molecule has 0 aliphatic heterocycles. The lowest BCUT2D eigenvalue weighted by Gasteiger charge is -2.16. The molecule has 0 fully saturated rings. The van der Waals surface area contributed by atoms with Crippen LogP contribution in [-0.4, -0.2) is 30.9 Å². The van der Waals surface area contributed by atoms with Crippen molar-refractivity contribution in [1.82, 2.24) is 0 Å². The first-order valence-electron chi connectivity index (χ1n) is 6.72. The van der Waals surface area contributed by atoms with E-state index in [9.17, 15) is 24.7 Å². The number of hydrogen-bond acceptors (Lipinski definition) is 6. The number of phenolic OH excluding ortho intramolecular Hbond substituents is 3. The minimum absolute atomic E-state index is 0.0311. The first-order valence-corrected chi connectivity index (χ1v) is 9.76. The molecule has 0 saturated carbocycles. The molecule has 2 rings (SSSR count). The predicted molar refractivity (Wildman–Crippen MR) is 88.5 cm³/mol. The second-order valence-electron chi connectivity index (χ2n) is 5.10. The molecule has 7 nitrogen and oxygen atoms in total. The first kappa shape index (κ1) is 18.4. The third-order valence-corrected chi connectivity index (χ3v) is 5.38. The molecule has 0 spiro atoms. The Morgan fingerprint density at radius 2 is 1.62 bits per heavy atom. The van der Waals surface area contributed by atoms with Gasteiger partial charge in [-0.1, -0.05) is 19.1 Å². The summed E-state index contributed by atoms with van der Waals surface area (Å²) in [5.41, 5.74) is 0.277. The molecule has 1 unspecified atom stereocenters. The van der Waals surface area contributed by atoms with E-state index in [1.165, 1.54) is 24.3 Å². The van der Waals surface area contributed by atoms with E-state index in [1.54, 1.807) is 6.92 Å². The van der Waals surface area contributed by atoms with E-state index in [0.717, 1.165) is 12.1 Å². The second-order valence-corrected chi connectivity index (χ2v) is 8.68. The summed E-state index contributed by atoms with van der Waals surface area (Å²) in [7, 11) is 0. The Morgan fingerprint density at radius 3 is 2.17 bits per heavy atom. The van der Waals surface area contributed by atoms with Gasteiger partial charge in [-0.25, -0.2) is 4.57 Å². The molecule has 24 heavy (non-hydrogen) atoms. The van der Waals surface area contributed by atoms with Gasteiger partial charge in [-0.2, -0.15) is 0 Å². The van der Waals surface area contributed by atoms with Crippen molar-refractivity contribution in [2.45, 2.75) is 17.7 Å². The number of Topliss-reactive ketones (excluding diaryl/α,β-unsaturated/α-hetero) is 1. The third-order valence-electron chi connectivity index (χ3n) is 3.32. The van der Waals surface area contributed by atoms with Crippen LogP contribution in [0.4, 0.5) is 0 Å². The molecule has 0 amide bonds. The summed E-state index contributed by atoms with van der Waals surface area (Å²) in [5, 5.41) is 28.8. The molecule has 2 aromatic rings. The molecule has 0 aliphatic carbocycles. The zero-order valence-electron chi connectivity index (χ0n) is 12.4. The van der Waals surface area contributed by atoms with E-state index in [2.05, 4.69) is 0 Å². The summed E-state index contributed by atoms with van der Waals surface area (Å²) in [6.07, 6.45) is 0. The van der Waals surface area contributed by atoms with Crippen molar-refractivity contribution >= 4 is 24.0 Å². The highest BCUT2D eigenvalue weighted by Crippen LogP contribution is 2.57. The monoisotopic (exact) mass is 370 g/mol. The maximum absolute atomic E-state index is 12.7. The van der Waals surface area contributed by atoms with E-state index in [-0.39, 0.29) is 27.6 Å². The van der Waals surface area contributed by atoms with Gasteiger partial charge in [0, 0.05) is 16.9 Å². The molecule has 0 bridgehead atoms. The summed E-state index contributed by atoms with van der Waals surface area (Å²) in [4.78, 5) is 30.7.